The highest BCUT2D eigenvalue weighted by molar-refractivity contribution is 9.10. The van der Waals surface area contributed by atoms with Crippen molar-refractivity contribution in [1.29, 1.82) is 0 Å². The topological polar surface area (TPSA) is 76.6 Å². The van der Waals surface area contributed by atoms with Crippen molar-refractivity contribution in [3.05, 3.63) is 82.8 Å². The molecule has 170 valence electrons. The van der Waals surface area contributed by atoms with Crippen LogP contribution in [-0.4, -0.2) is 32.2 Å². The third kappa shape index (κ3) is 5.61. The van der Waals surface area contributed by atoms with E-state index in [1.807, 2.05) is 48.5 Å². The van der Waals surface area contributed by atoms with Crippen LogP contribution in [0.15, 0.2) is 82.2 Å². The first-order valence-corrected chi connectivity index (χ1v) is 13.4. The highest BCUT2D eigenvalue weighted by Gasteiger charge is 2.23. The molecule has 3 aromatic carbocycles. The number of nitrogens with zero attached hydrogens (tertiary/aromatic N) is 2. The molecule has 0 atom stereocenters. The highest BCUT2D eigenvalue weighted by atomic mass is 79.9. The summed E-state index contributed by atoms with van der Waals surface area (Å²) >= 11 is 4.86. The molecule has 33 heavy (non-hydrogen) atoms. The molecule has 0 aliphatic heterocycles. The summed E-state index contributed by atoms with van der Waals surface area (Å²) in [7, 11) is -2.11. The number of benzene rings is 3. The second-order valence-electron chi connectivity index (χ2n) is 7.32. The molecule has 0 unspecified atom stereocenters. The number of rotatable bonds is 8. The minimum absolute atomic E-state index is 0.152. The predicted molar refractivity (Wildman–Crippen MR) is 135 cm³/mol. The molecule has 9 heteroatoms. The van der Waals surface area contributed by atoms with E-state index < -0.39 is 9.84 Å². The Morgan fingerprint density at radius 1 is 1.06 bits per heavy atom. The van der Waals surface area contributed by atoms with Crippen molar-refractivity contribution in [3.8, 4) is 5.75 Å². The molecule has 0 aliphatic rings. The Hall–Kier alpha value is -2.75. The number of methoxy groups -OCH3 is 1. The summed E-state index contributed by atoms with van der Waals surface area (Å²) in [4.78, 5) is 19.6. The molecule has 4 aromatic rings. The predicted octanol–water partition coefficient (Wildman–Crippen LogP) is 5.46. The Kier molecular flexibility index (Phi) is 7.11. The van der Waals surface area contributed by atoms with E-state index in [1.165, 1.54) is 30.6 Å². The van der Waals surface area contributed by atoms with E-state index in [9.17, 15) is 13.2 Å². The summed E-state index contributed by atoms with van der Waals surface area (Å²) in [5.74, 6) is -0.0181. The van der Waals surface area contributed by atoms with Gasteiger partial charge in [-0.1, -0.05) is 57.6 Å². The van der Waals surface area contributed by atoms with Gasteiger partial charge in [-0.25, -0.2) is 13.4 Å². The van der Waals surface area contributed by atoms with Crippen LogP contribution < -0.4 is 9.64 Å². The van der Waals surface area contributed by atoms with Gasteiger partial charge in [-0.15, -0.1) is 0 Å². The van der Waals surface area contributed by atoms with E-state index in [4.69, 9.17) is 4.74 Å². The van der Waals surface area contributed by atoms with Gasteiger partial charge >= 0.3 is 0 Å². The minimum atomic E-state index is -3.63. The number of thiazole rings is 1. The normalized spacial score (nSPS) is 11.5. The van der Waals surface area contributed by atoms with Crippen LogP contribution in [0.5, 0.6) is 5.75 Å². The monoisotopic (exact) mass is 544 g/mol. The van der Waals surface area contributed by atoms with Gasteiger partial charge in [-0.3, -0.25) is 9.69 Å². The largest absolute Gasteiger partial charge is 0.497 e. The maximum absolute atomic E-state index is 13.3. The van der Waals surface area contributed by atoms with Crippen molar-refractivity contribution < 1.29 is 17.9 Å². The number of carbonyl (C=O) groups excluding carboxylic acids is 1. The van der Waals surface area contributed by atoms with Gasteiger partial charge in [-0.05, 0) is 48.0 Å². The number of carbonyl (C=O) groups is 1. The molecular weight excluding hydrogens is 524 g/mol. The first-order chi connectivity index (χ1) is 15.9. The van der Waals surface area contributed by atoms with Gasteiger partial charge in [0.1, 0.15) is 5.75 Å². The van der Waals surface area contributed by atoms with E-state index in [0.29, 0.717) is 17.4 Å². The number of amides is 1. The molecule has 1 aromatic heterocycles. The summed E-state index contributed by atoms with van der Waals surface area (Å²) in [6, 6.07) is 21.5. The summed E-state index contributed by atoms with van der Waals surface area (Å²) in [5.41, 5.74) is 1.72. The van der Waals surface area contributed by atoms with Crippen LogP contribution in [0.1, 0.15) is 12.0 Å². The third-order valence-electron chi connectivity index (χ3n) is 5.06. The van der Waals surface area contributed by atoms with Crippen molar-refractivity contribution in [2.24, 2.45) is 0 Å². The van der Waals surface area contributed by atoms with Gasteiger partial charge in [0.05, 0.1) is 34.5 Å². The van der Waals surface area contributed by atoms with Gasteiger partial charge in [-0.2, -0.15) is 0 Å². The molecule has 0 aliphatic carbocycles. The molecule has 0 fully saturated rings. The Bertz CT molecular complexity index is 1370. The second-order valence-corrected chi connectivity index (χ2v) is 11.4. The Morgan fingerprint density at radius 3 is 2.48 bits per heavy atom. The standard InChI is InChI=1S/C24H21BrN2O4S2/c1-31-19-8-10-20(11-9-19)33(29,30)14-13-23(28)27(16-17-5-3-2-4-6-17)24-26-21-12-7-18(25)15-22(21)32-24/h2-12,15H,13-14,16H2,1H3. The number of ether oxygens (including phenoxy) is 1. The number of halogens is 1. The zero-order valence-corrected chi connectivity index (χ0v) is 21.0. The van der Waals surface area contributed by atoms with Crippen molar-refractivity contribution in [1.82, 2.24) is 4.98 Å². The fourth-order valence-corrected chi connectivity index (χ4v) is 6.05. The number of aromatic nitrogens is 1. The van der Waals surface area contributed by atoms with E-state index in [-0.39, 0.29) is 23.0 Å². The van der Waals surface area contributed by atoms with E-state index in [0.717, 1.165) is 20.3 Å². The smallest absolute Gasteiger partial charge is 0.230 e. The molecule has 0 saturated carbocycles. The molecule has 0 bridgehead atoms. The molecule has 0 spiro atoms. The van der Waals surface area contributed by atoms with Crippen LogP contribution in [0.2, 0.25) is 0 Å². The molecule has 6 nitrogen and oxygen atoms in total. The van der Waals surface area contributed by atoms with Crippen molar-refractivity contribution >= 4 is 58.4 Å². The molecular formula is C24H21BrN2O4S2. The van der Waals surface area contributed by atoms with Gasteiger partial charge in [0.15, 0.2) is 15.0 Å². The average molecular weight is 545 g/mol. The second kappa shape index (κ2) is 10.0. The van der Waals surface area contributed by atoms with Crippen molar-refractivity contribution in [2.75, 3.05) is 17.8 Å². The van der Waals surface area contributed by atoms with Gasteiger partial charge < -0.3 is 4.74 Å². The average Bonchev–Trinajstić information content (AvgIpc) is 3.24. The fourth-order valence-electron chi connectivity index (χ4n) is 3.29. The van der Waals surface area contributed by atoms with Crippen LogP contribution in [0, 0.1) is 0 Å². The van der Waals surface area contributed by atoms with Crippen LogP contribution in [0.4, 0.5) is 5.13 Å². The van der Waals surface area contributed by atoms with Gasteiger partial charge in [0.2, 0.25) is 5.91 Å². The lowest BCUT2D eigenvalue weighted by Crippen LogP contribution is -2.31. The SMILES string of the molecule is COc1ccc(S(=O)(=O)CCC(=O)N(Cc2ccccc2)c2nc3ccc(Br)cc3s2)cc1. The molecule has 0 radical (unpaired) electrons. The third-order valence-corrected chi connectivity index (χ3v) is 8.32. The number of sulfone groups is 1. The van der Waals surface area contributed by atoms with Crippen LogP contribution >= 0.6 is 27.3 Å². The quantitative estimate of drug-likeness (QED) is 0.294. The maximum atomic E-state index is 13.3. The summed E-state index contributed by atoms with van der Waals surface area (Å²) in [6.45, 7) is 0.309. The lowest BCUT2D eigenvalue weighted by Gasteiger charge is -2.20. The minimum Gasteiger partial charge on any atom is -0.497 e. The first kappa shape index (κ1) is 23.4. The zero-order chi connectivity index (χ0) is 23.4. The Labute approximate surface area is 204 Å². The number of hydrogen-bond donors (Lipinski definition) is 0. The highest BCUT2D eigenvalue weighted by Crippen LogP contribution is 2.32. The molecule has 0 N–H and O–H groups in total. The summed E-state index contributed by atoms with van der Waals surface area (Å²) in [5, 5.41) is 0.541. The van der Waals surface area contributed by atoms with Crippen LogP contribution in [0.25, 0.3) is 10.2 Å². The van der Waals surface area contributed by atoms with E-state index in [2.05, 4.69) is 20.9 Å². The zero-order valence-electron chi connectivity index (χ0n) is 17.8. The Morgan fingerprint density at radius 2 is 1.79 bits per heavy atom. The molecule has 1 heterocycles. The number of fused-ring (bicyclic) bond motifs is 1. The molecule has 1 amide bonds. The van der Waals surface area contributed by atoms with Crippen LogP contribution in [0.3, 0.4) is 0 Å². The first-order valence-electron chi connectivity index (χ1n) is 10.1. The Balaban J connectivity index is 1.58. The van der Waals surface area contributed by atoms with E-state index >= 15 is 0 Å². The molecule has 0 saturated heterocycles. The fraction of sp³-hybridized carbons (Fsp3) is 0.167. The summed E-state index contributed by atoms with van der Waals surface area (Å²) in [6.07, 6.45) is -0.152. The number of hydrogen-bond acceptors (Lipinski definition) is 6. The van der Waals surface area contributed by atoms with Crippen molar-refractivity contribution in [3.63, 3.8) is 0 Å². The lowest BCUT2D eigenvalue weighted by atomic mass is 10.2. The van der Waals surface area contributed by atoms with Crippen LogP contribution in [-0.2, 0) is 21.2 Å². The van der Waals surface area contributed by atoms with Crippen molar-refractivity contribution in [2.45, 2.75) is 17.9 Å². The summed E-state index contributed by atoms with van der Waals surface area (Å²) < 4.78 is 32.6. The molecule has 4 rings (SSSR count). The van der Waals surface area contributed by atoms with Gasteiger partial charge in [0, 0.05) is 10.9 Å². The van der Waals surface area contributed by atoms with Gasteiger partial charge in [0.25, 0.3) is 0 Å². The number of anilines is 1. The maximum Gasteiger partial charge on any atom is 0.230 e. The van der Waals surface area contributed by atoms with E-state index in [1.54, 1.807) is 17.0 Å². The lowest BCUT2D eigenvalue weighted by molar-refractivity contribution is -0.118.